The number of para-hydroxylation sites is 2. The standard InChI is InChI=1S/C42H27NOS/c1-3-14-28(15-4-1)30-18-7-10-21-34(30)43(35-22-13-25-39-41(35)33-20-9-12-24-38(33)45-39)36-27-26-31(29-16-5-2-6-17-29)40-32-19-8-11-23-37(32)44-42(36)40/h1-27H. The van der Waals surface area contributed by atoms with Crippen molar-refractivity contribution in [3.8, 4) is 22.3 Å². The van der Waals surface area contributed by atoms with Crippen molar-refractivity contribution < 1.29 is 4.42 Å². The number of anilines is 3. The molecule has 0 unspecified atom stereocenters. The third kappa shape index (κ3) is 4.16. The molecule has 9 rings (SSSR count). The summed E-state index contributed by atoms with van der Waals surface area (Å²) in [4.78, 5) is 2.42. The summed E-state index contributed by atoms with van der Waals surface area (Å²) >= 11 is 1.84. The minimum atomic E-state index is 0.872. The van der Waals surface area contributed by atoms with Gasteiger partial charge in [0.2, 0.25) is 0 Å². The number of fused-ring (bicyclic) bond motifs is 6. The Morgan fingerprint density at radius 2 is 1.02 bits per heavy atom. The van der Waals surface area contributed by atoms with Gasteiger partial charge >= 0.3 is 0 Å². The molecule has 0 aliphatic heterocycles. The second kappa shape index (κ2) is 10.5. The fourth-order valence-electron chi connectivity index (χ4n) is 6.71. The van der Waals surface area contributed by atoms with E-state index >= 15 is 0 Å². The van der Waals surface area contributed by atoms with Crippen LogP contribution in [0.1, 0.15) is 0 Å². The van der Waals surface area contributed by atoms with Gasteiger partial charge in [-0.25, -0.2) is 0 Å². The molecule has 212 valence electrons. The molecule has 9 aromatic rings. The third-order valence-electron chi connectivity index (χ3n) is 8.68. The molecule has 45 heavy (non-hydrogen) atoms. The maximum atomic E-state index is 6.86. The van der Waals surface area contributed by atoms with E-state index < -0.39 is 0 Å². The van der Waals surface area contributed by atoms with Crippen molar-refractivity contribution in [3.63, 3.8) is 0 Å². The third-order valence-corrected chi connectivity index (χ3v) is 9.82. The lowest BCUT2D eigenvalue weighted by molar-refractivity contribution is 0.669. The van der Waals surface area contributed by atoms with E-state index in [1.165, 1.54) is 31.3 Å². The van der Waals surface area contributed by atoms with Gasteiger partial charge in [0.15, 0.2) is 5.58 Å². The lowest BCUT2D eigenvalue weighted by Crippen LogP contribution is -2.12. The van der Waals surface area contributed by atoms with Crippen LogP contribution in [0.25, 0.3) is 64.4 Å². The smallest absolute Gasteiger partial charge is 0.160 e. The summed E-state index contributed by atoms with van der Waals surface area (Å²) in [7, 11) is 0. The molecule has 0 aliphatic carbocycles. The van der Waals surface area contributed by atoms with Crippen LogP contribution in [0.5, 0.6) is 0 Å². The zero-order chi connectivity index (χ0) is 29.7. The molecule has 0 aliphatic rings. The van der Waals surface area contributed by atoms with Gasteiger partial charge in [0.1, 0.15) is 5.58 Å². The average Bonchev–Trinajstić information content (AvgIpc) is 3.69. The van der Waals surface area contributed by atoms with Gasteiger partial charge in [0.25, 0.3) is 0 Å². The second-order valence-corrected chi connectivity index (χ2v) is 12.4. The Morgan fingerprint density at radius 3 is 1.84 bits per heavy atom. The first-order valence-corrected chi connectivity index (χ1v) is 16.0. The largest absolute Gasteiger partial charge is 0.454 e. The highest BCUT2D eigenvalue weighted by Gasteiger charge is 2.26. The van der Waals surface area contributed by atoms with Crippen LogP contribution in [-0.2, 0) is 0 Å². The van der Waals surface area contributed by atoms with E-state index in [0.717, 1.165) is 50.1 Å². The first kappa shape index (κ1) is 25.8. The molecule has 2 heterocycles. The van der Waals surface area contributed by atoms with Crippen LogP contribution in [-0.4, -0.2) is 0 Å². The molecule has 2 nitrogen and oxygen atoms in total. The molecule has 0 atom stereocenters. The number of hydrogen-bond acceptors (Lipinski definition) is 3. The normalized spacial score (nSPS) is 11.6. The quantitative estimate of drug-likeness (QED) is 0.197. The van der Waals surface area contributed by atoms with Gasteiger partial charge in [-0.05, 0) is 53.1 Å². The fourth-order valence-corrected chi connectivity index (χ4v) is 7.84. The predicted molar refractivity (Wildman–Crippen MR) is 192 cm³/mol. The van der Waals surface area contributed by atoms with E-state index in [4.69, 9.17) is 4.42 Å². The summed E-state index contributed by atoms with van der Waals surface area (Å²) in [5, 5.41) is 4.75. The van der Waals surface area contributed by atoms with Crippen LogP contribution in [0.3, 0.4) is 0 Å². The maximum absolute atomic E-state index is 6.86. The first-order chi connectivity index (χ1) is 22.3. The predicted octanol–water partition coefficient (Wildman–Crippen LogP) is 12.8. The summed E-state index contributed by atoms with van der Waals surface area (Å²) in [6.07, 6.45) is 0. The highest BCUT2D eigenvalue weighted by Crippen LogP contribution is 2.50. The summed E-state index contributed by atoms with van der Waals surface area (Å²) in [6.45, 7) is 0. The lowest BCUT2D eigenvalue weighted by Gasteiger charge is -2.29. The Balaban J connectivity index is 1.42. The van der Waals surface area contributed by atoms with Crippen LogP contribution in [0.4, 0.5) is 17.1 Å². The Bertz CT molecular complexity index is 2490. The topological polar surface area (TPSA) is 16.4 Å². The van der Waals surface area contributed by atoms with Crippen molar-refractivity contribution >= 4 is 70.5 Å². The van der Waals surface area contributed by atoms with Crippen molar-refractivity contribution in [2.24, 2.45) is 0 Å². The first-order valence-electron chi connectivity index (χ1n) is 15.2. The Hall–Kier alpha value is -5.64. The monoisotopic (exact) mass is 593 g/mol. The summed E-state index contributed by atoms with van der Waals surface area (Å²) in [5.41, 5.74) is 9.64. The number of benzene rings is 7. The second-order valence-electron chi connectivity index (χ2n) is 11.3. The van der Waals surface area contributed by atoms with Gasteiger partial charge < -0.3 is 9.32 Å². The van der Waals surface area contributed by atoms with Crippen molar-refractivity contribution in [2.75, 3.05) is 4.90 Å². The van der Waals surface area contributed by atoms with Crippen molar-refractivity contribution in [2.45, 2.75) is 0 Å². The number of nitrogens with zero attached hydrogens (tertiary/aromatic N) is 1. The summed E-state index contributed by atoms with van der Waals surface area (Å²) in [5.74, 6) is 0. The molecule has 0 N–H and O–H groups in total. The Morgan fingerprint density at radius 1 is 0.400 bits per heavy atom. The van der Waals surface area contributed by atoms with Gasteiger partial charge in [0, 0.05) is 36.5 Å². The zero-order valence-corrected chi connectivity index (χ0v) is 25.2. The molecule has 0 fully saturated rings. The SMILES string of the molecule is c1ccc(-c2ccccc2N(c2ccc(-c3ccccc3)c3c2oc2ccccc23)c2cccc3sc4ccccc4c23)cc1. The molecular weight excluding hydrogens is 567 g/mol. The Labute approximate surface area is 265 Å². The van der Waals surface area contributed by atoms with E-state index in [1.807, 2.05) is 17.4 Å². The molecule has 2 aromatic heterocycles. The number of hydrogen-bond donors (Lipinski definition) is 0. The zero-order valence-electron chi connectivity index (χ0n) is 24.4. The molecule has 0 radical (unpaired) electrons. The molecule has 7 aromatic carbocycles. The minimum absolute atomic E-state index is 0.872. The molecule has 3 heteroatoms. The number of furan rings is 1. The van der Waals surface area contributed by atoms with E-state index in [0.29, 0.717) is 0 Å². The fraction of sp³-hybridized carbons (Fsp3) is 0. The Kier molecular flexibility index (Phi) is 6.03. The van der Waals surface area contributed by atoms with Crippen LogP contribution in [0.15, 0.2) is 168 Å². The number of thiophene rings is 1. The van der Waals surface area contributed by atoms with Gasteiger partial charge in [-0.2, -0.15) is 0 Å². The van der Waals surface area contributed by atoms with Crippen LogP contribution < -0.4 is 4.90 Å². The van der Waals surface area contributed by atoms with Crippen LogP contribution in [0, 0.1) is 0 Å². The minimum Gasteiger partial charge on any atom is -0.454 e. The van der Waals surface area contributed by atoms with Gasteiger partial charge in [-0.1, -0.05) is 127 Å². The van der Waals surface area contributed by atoms with E-state index in [1.54, 1.807) is 0 Å². The average molecular weight is 594 g/mol. The van der Waals surface area contributed by atoms with E-state index in [2.05, 4.69) is 163 Å². The van der Waals surface area contributed by atoms with Crippen molar-refractivity contribution in [3.05, 3.63) is 164 Å². The molecule has 0 spiro atoms. The van der Waals surface area contributed by atoms with Gasteiger partial charge in [-0.15, -0.1) is 11.3 Å². The molecular formula is C42H27NOS. The number of rotatable bonds is 5. The maximum Gasteiger partial charge on any atom is 0.160 e. The van der Waals surface area contributed by atoms with E-state index in [-0.39, 0.29) is 0 Å². The van der Waals surface area contributed by atoms with Gasteiger partial charge in [-0.3, -0.25) is 0 Å². The van der Waals surface area contributed by atoms with Crippen molar-refractivity contribution in [1.29, 1.82) is 0 Å². The lowest BCUT2D eigenvalue weighted by atomic mass is 9.97. The highest BCUT2D eigenvalue weighted by atomic mass is 32.1. The molecule has 0 bridgehead atoms. The molecule has 0 amide bonds. The van der Waals surface area contributed by atoms with Crippen LogP contribution in [0.2, 0.25) is 0 Å². The van der Waals surface area contributed by atoms with Gasteiger partial charge in [0.05, 0.1) is 17.1 Å². The summed E-state index contributed by atoms with van der Waals surface area (Å²) in [6, 6.07) is 58.3. The summed E-state index contributed by atoms with van der Waals surface area (Å²) < 4.78 is 9.40. The van der Waals surface area contributed by atoms with Crippen molar-refractivity contribution in [1.82, 2.24) is 0 Å². The highest BCUT2D eigenvalue weighted by molar-refractivity contribution is 7.26. The van der Waals surface area contributed by atoms with Crippen LogP contribution >= 0.6 is 11.3 Å². The molecule has 0 saturated carbocycles. The van der Waals surface area contributed by atoms with E-state index in [9.17, 15) is 0 Å². The molecule has 0 saturated heterocycles.